The van der Waals surface area contributed by atoms with E-state index in [4.69, 9.17) is 13.4 Å². The summed E-state index contributed by atoms with van der Waals surface area (Å²) in [7, 11) is 3.75. The fraction of sp³-hybridized carbons (Fsp3) is 1.00. The second-order valence-electron chi connectivity index (χ2n) is 4.52. The predicted octanol–water partition coefficient (Wildman–Crippen LogP) is 2.66. The molecular weight excluding hydrogens is 196 g/mol. The lowest BCUT2D eigenvalue weighted by atomic mass is 9.85. The van der Waals surface area contributed by atoms with Crippen LogP contribution in [0.1, 0.15) is 12.8 Å². The molecule has 1 rings (SSSR count). The summed E-state index contributed by atoms with van der Waals surface area (Å²) < 4.78 is 11.7. The topological polar surface area (TPSA) is 65.8 Å². The Labute approximate surface area is 85.9 Å². The highest BCUT2D eigenvalue weighted by molar-refractivity contribution is 7.62. The molecule has 6 heteroatoms. The van der Waals surface area contributed by atoms with Crippen molar-refractivity contribution in [3.05, 3.63) is 10.4 Å². The number of hydrogen-bond acceptors (Lipinski definition) is 2. The third-order valence-electron chi connectivity index (χ3n) is 2.57. The van der Waals surface area contributed by atoms with Crippen molar-refractivity contribution in [3.63, 3.8) is 0 Å². The third kappa shape index (κ3) is 3.40. The van der Waals surface area contributed by atoms with Crippen molar-refractivity contribution in [3.8, 4) is 0 Å². The van der Waals surface area contributed by atoms with E-state index in [0.29, 0.717) is 6.16 Å². The van der Waals surface area contributed by atoms with Crippen molar-refractivity contribution in [2.24, 2.45) is 11.0 Å². The molecule has 14 heavy (non-hydrogen) atoms. The molecule has 0 spiro atoms. The molecule has 0 amide bonds. The highest BCUT2D eigenvalue weighted by atomic mass is 31.2. The summed E-state index contributed by atoms with van der Waals surface area (Å²) in [4.78, 5) is 2.81. The average Bonchev–Trinajstić information content (AvgIpc) is 2.28. The zero-order valence-electron chi connectivity index (χ0n) is 8.63. The van der Waals surface area contributed by atoms with Gasteiger partial charge in [-0.3, -0.25) is 0 Å². The van der Waals surface area contributed by atoms with E-state index in [0.717, 1.165) is 12.8 Å². The molecule has 0 heterocycles. The molecule has 0 aromatic carbocycles. The third-order valence-corrected chi connectivity index (χ3v) is 3.92. The fourth-order valence-electron chi connectivity index (χ4n) is 2.11. The summed E-state index contributed by atoms with van der Waals surface area (Å²) in [5.41, 5.74) is 8.38. The maximum atomic E-state index is 11.7. The first-order valence-corrected chi connectivity index (χ1v) is 7.55. The fourth-order valence-corrected chi connectivity index (χ4v) is 3.64. The maximum Gasteiger partial charge on any atom is 0.0822 e. The van der Waals surface area contributed by atoms with Crippen LogP contribution in [0.4, 0.5) is 0 Å². The van der Waals surface area contributed by atoms with E-state index in [1.54, 1.807) is 13.3 Å². The minimum absolute atomic E-state index is 0.0526. The quantitative estimate of drug-likeness (QED) is 0.232. The van der Waals surface area contributed by atoms with Crippen molar-refractivity contribution < 1.29 is 4.57 Å². The Balaban J connectivity index is 2.67. The van der Waals surface area contributed by atoms with Crippen molar-refractivity contribution >= 4 is 15.0 Å². The predicted molar refractivity (Wildman–Crippen MR) is 59.5 cm³/mol. The van der Waals surface area contributed by atoms with Crippen LogP contribution in [0.15, 0.2) is 5.11 Å². The van der Waals surface area contributed by atoms with Crippen molar-refractivity contribution in [2.75, 3.05) is 19.5 Å². The normalized spacial score (nSPS) is 32.6. The van der Waals surface area contributed by atoms with Gasteiger partial charge in [-0.1, -0.05) is 17.4 Å². The molecule has 3 unspecified atom stereocenters. The largest absolute Gasteiger partial charge is 0.324 e. The standard InChI is InChI=1S/C8H15BN3OP/c1-14(2,13)5-6-3-7(9)4-8(6)11-12-10/h6-8H,3-5H2,1-2H3. The van der Waals surface area contributed by atoms with Crippen LogP contribution in [0.5, 0.6) is 0 Å². The van der Waals surface area contributed by atoms with Crippen LogP contribution in [-0.2, 0) is 4.57 Å². The lowest BCUT2D eigenvalue weighted by molar-refractivity contribution is 0.513. The number of nitrogens with zero attached hydrogens (tertiary/aromatic N) is 3. The van der Waals surface area contributed by atoms with Crippen LogP contribution in [0.3, 0.4) is 0 Å². The van der Waals surface area contributed by atoms with Gasteiger partial charge >= 0.3 is 0 Å². The molecule has 3 atom stereocenters. The van der Waals surface area contributed by atoms with Crippen LogP contribution >= 0.6 is 7.14 Å². The highest BCUT2D eigenvalue weighted by Gasteiger charge is 2.33. The van der Waals surface area contributed by atoms with Crippen LogP contribution in [0.25, 0.3) is 10.4 Å². The smallest absolute Gasteiger partial charge is 0.0822 e. The Morgan fingerprint density at radius 3 is 2.71 bits per heavy atom. The van der Waals surface area contributed by atoms with Crippen molar-refractivity contribution in [1.82, 2.24) is 0 Å². The lowest BCUT2D eigenvalue weighted by Crippen LogP contribution is -2.14. The molecular formula is C8H15BN3OP. The summed E-state index contributed by atoms with van der Waals surface area (Å²) in [6.45, 7) is 3.54. The van der Waals surface area contributed by atoms with Gasteiger partial charge in [-0.15, -0.1) is 0 Å². The van der Waals surface area contributed by atoms with E-state index < -0.39 is 7.14 Å². The molecule has 0 saturated heterocycles. The molecule has 1 aliphatic carbocycles. The molecule has 76 valence electrons. The summed E-state index contributed by atoms with van der Waals surface area (Å²) >= 11 is 0. The summed E-state index contributed by atoms with van der Waals surface area (Å²) in [5.74, 6) is 0.309. The number of hydrogen-bond donors (Lipinski definition) is 0. The first-order chi connectivity index (χ1) is 6.42. The summed E-state index contributed by atoms with van der Waals surface area (Å²) in [6.07, 6.45) is 2.20. The minimum Gasteiger partial charge on any atom is -0.324 e. The van der Waals surface area contributed by atoms with Gasteiger partial charge in [0.2, 0.25) is 0 Å². The molecule has 1 aliphatic rings. The van der Waals surface area contributed by atoms with Crippen LogP contribution in [0, 0.1) is 5.92 Å². The van der Waals surface area contributed by atoms with E-state index in [1.807, 2.05) is 0 Å². The van der Waals surface area contributed by atoms with Gasteiger partial charge in [-0.2, -0.15) is 0 Å². The van der Waals surface area contributed by atoms with Crippen LogP contribution in [0.2, 0.25) is 5.82 Å². The molecule has 2 radical (unpaired) electrons. The Morgan fingerprint density at radius 1 is 1.57 bits per heavy atom. The second-order valence-corrected chi connectivity index (χ2v) is 8.03. The van der Waals surface area contributed by atoms with E-state index in [2.05, 4.69) is 10.0 Å². The molecule has 4 nitrogen and oxygen atoms in total. The van der Waals surface area contributed by atoms with Gasteiger partial charge in [0.25, 0.3) is 0 Å². The Kier molecular flexibility index (Phi) is 3.68. The Hall–Kier alpha value is -0.395. The first kappa shape index (κ1) is 11.7. The number of azide groups is 1. The average molecular weight is 211 g/mol. The molecule has 1 saturated carbocycles. The zero-order chi connectivity index (χ0) is 10.8. The SMILES string of the molecule is [B]C1CC(CP(C)(C)=O)C(N=[N+]=[N-])C1. The Bertz CT molecular complexity index is 297. The molecule has 0 aromatic heterocycles. The second kappa shape index (κ2) is 4.42. The van der Waals surface area contributed by atoms with Gasteiger partial charge in [-0.25, -0.2) is 0 Å². The van der Waals surface area contributed by atoms with Crippen LogP contribution in [-0.4, -0.2) is 33.4 Å². The molecule has 0 bridgehead atoms. The minimum atomic E-state index is -2.04. The van der Waals surface area contributed by atoms with E-state index >= 15 is 0 Å². The molecule has 1 fully saturated rings. The zero-order valence-corrected chi connectivity index (χ0v) is 9.52. The van der Waals surface area contributed by atoms with Gasteiger partial charge in [0, 0.05) is 17.1 Å². The summed E-state index contributed by atoms with van der Waals surface area (Å²) in [5, 5.41) is 3.72. The maximum absolute atomic E-state index is 11.7. The van der Waals surface area contributed by atoms with Gasteiger partial charge in [-0.05, 0) is 31.2 Å². The van der Waals surface area contributed by atoms with Crippen molar-refractivity contribution in [2.45, 2.75) is 24.7 Å². The monoisotopic (exact) mass is 211 g/mol. The van der Waals surface area contributed by atoms with Crippen molar-refractivity contribution in [1.29, 1.82) is 0 Å². The molecule has 0 N–H and O–H groups in total. The highest BCUT2D eigenvalue weighted by Crippen LogP contribution is 2.46. The van der Waals surface area contributed by atoms with Gasteiger partial charge in [0.05, 0.1) is 15.0 Å². The Morgan fingerprint density at radius 2 is 2.21 bits per heavy atom. The van der Waals surface area contributed by atoms with E-state index in [-0.39, 0.29) is 17.8 Å². The molecule has 0 aliphatic heterocycles. The lowest BCUT2D eigenvalue weighted by Gasteiger charge is -2.17. The van der Waals surface area contributed by atoms with Crippen LogP contribution < -0.4 is 0 Å². The van der Waals surface area contributed by atoms with Gasteiger partial charge in [0.15, 0.2) is 0 Å². The van der Waals surface area contributed by atoms with E-state index in [1.165, 1.54) is 0 Å². The van der Waals surface area contributed by atoms with Gasteiger partial charge in [0.1, 0.15) is 0 Å². The summed E-state index contributed by atoms with van der Waals surface area (Å²) in [6, 6.07) is -0.0526. The first-order valence-electron chi connectivity index (χ1n) is 4.76. The van der Waals surface area contributed by atoms with E-state index in [9.17, 15) is 4.57 Å². The molecule has 0 aromatic rings. The number of rotatable bonds is 3. The van der Waals surface area contributed by atoms with Gasteiger partial charge < -0.3 is 4.57 Å².